The molecule has 0 spiro atoms. The standard InChI is InChI=1S/C32H38FN3O2/c1-21(2)22-10-12-25-23(18-22)11-14-28-31(3,16-7-17-32(25,28)4)20-34-29(37)19-36-30(38)15-13-27(35-36)24-8-5-6-9-26(24)33/h5-6,8-10,12-13,15,18,21,28H,7,11,14,16-17,19-20H2,1-4H3,(H,34,37)/t28-,31-,32+/m0/s1. The van der Waals surface area contributed by atoms with Crippen LogP contribution < -0.4 is 10.9 Å². The molecule has 5 nitrogen and oxygen atoms in total. The van der Waals surface area contributed by atoms with Crippen LogP contribution in [0.15, 0.2) is 59.4 Å². The van der Waals surface area contributed by atoms with Crippen molar-refractivity contribution in [3.63, 3.8) is 0 Å². The highest BCUT2D eigenvalue weighted by molar-refractivity contribution is 5.75. The fourth-order valence-electron chi connectivity index (χ4n) is 7.08. The number of hydrogen-bond donors (Lipinski definition) is 1. The summed E-state index contributed by atoms with van der Waals surface area (Å²) < 4.78 is 15.4. The minimum atomic E-state index is -0.419. The molecule has 1 N–H and O–H groups in total. The van der Waals surface area contributed by atoms with Crippen LogP contribution in [-0.2, 0) is 23.2 Å². The fraction of sp³-hybridized carbons (Fsp3) is 0.469. The summed E-state index contributed by atoms with van der Waals surface area (Å²) >= 11 is 0. The first-order valence-corrected chi connectivity index (χ1v) is 13.8. The lowest BCUT2D eigenvalue weighted by molar-refractivity contribution is -0.123. The number of nitrogens with zero attached hydrogens (tertiary/aromatic N) is 2. The van der Waals surface area contributed by atoms with Crippen LogP contribution in [0.1, 0.15) is 76.0 Å². The van der Waals surface area contributed by atoms with Crippen molar-refractivity contribution in [2.45, 2.75) is 77.7 Å². The number of aromatic nitrogens is 2. The van der Waals surface area contributed by atoms with Crippen molar-refractivity contribution in [1.29, 1.82) is 0 Å². The number of nitrogens with one attached hydrogen (secondary N) is 1. The molecule has 0 saturated heterocycles. The van der Waals surface area contributed by atoms with E-state index < -0.39 is 5.82 Å². The van der Waals surface area contributed by atoms with E-state index in [0.29, 0.717) is 29.6 Å². The Morgan fingerprint density at radius 2 is 1.92 bits per heavy atom. The highest BCUT2D eigenvalue weighted by Gasteiger charge is 2.51. The highest BCUT2D eigenvalue weighted by atomic mass is 19.1. The second-order valence-electron chi connectivity index (χ2n) is 12.1. The van der Waals surface area contributed by atoms with Crippen LogP contribution in [0, 0.1) is 17.2 Å². The van der Waals surface area contributed by atoms with Crippen molar-refractivity contribution in [2.24, 2.45) is 11.3 Å². The second-order valence-corrected chi connectivity index (χ2v) is 12.1. The summed E-state index contributed by atoms with van der Waals surface area (Å²) in [6, 6.07) is 16.2. The molecule has 200 valence electrons. The maximum Gasteiger partial charge on any atom is 0.267 e. The van der Waals surface area contributed by atoms with Crippen LogP contribution in [0.5, 0.6) is 0 Å². The first-order chi connectivity index (χ1) is 18.1. The third-order valence-corrected chi connectivity index (χ3v) is 9.17. The van der Waals surface area contributed by atoms with Gasteiger partial charge in [-0.1, -0.05) is 64.4 Å². The number of fused-ring (bicyclic) bond motifs is 3. The SMILES string of the molecule is CC(C)c1ccc2c(c1)CC[C@H]1[C@](C)(CNC(=O)Cn3nc(-c4ccccc4F)ccc3=O)CCC[C@]21C. The molecule has 2 aromatic carbocycles. The van der Waals surface area contributed by atoms with E-state index in [1.54, 1.807) is 18.2 Å². The Labute approximate surface area is 224 Å². The Morgan fingerprint density at radius 1 is 1.13 bits per heavy atom. The summed E-state index contributed by atoms with van der Waals surface area (Å²) in [5, 5.41) is 7.40. The number of benzene rings is 2. The van der Waals surface area contributed by atoms with Crippen LogP contribution in [0.2, 0.25) is 0 Å². The van der Waals surface area contributed by atoms with E-state index in [9.17, 15) is 14.0 Å². The predicted octanol–water partition coefficient (Wildman–Crippen LogP) is 6.00. The Balaban J connectivity index is 1.31. The van der Waals surface area contributed by atoms with Gasteiger partial charge in [-0.05, 0) is 83.2 Å². The molecule has 1 saturated carbocycles. The zero-order valence-electron chi connectivity index (χ0n) is 22.9. The molecule has 1 amide bonds. The molecule has 1 heterocycles. The van der Waals surface area contributed by atoms with Gasteiger partial charge in [-0.25, -0.2) is 9.07 Å². The molecule has 3 atom stereocenters. The monoisotopic (exact) mass is 515 g/mol. The first kappa shape index (κ1) is 26.3. The van der Waals surface area contributed by atoms with Gasteiger partial charge in [-0.3, -0.25) is 9.59 Å². The lowest BCUT2D eigenvalue weighted by Crippen LogP contribution is -2.53. The van der Waals surface area contributed by atoms with Crippen LogP contribution in [0.3, 0.4) is 0 Å². The quantitative estimate of drug-likeness (QED) is 0.438. The van der Waals surface area contributed by atoms with Crippen molar-refractivity contribution in [3.8, 4) is 11.3 Å². The molecule has 5 rings (SSSR count). The van der Waals surface area contributed by atoms with Crippen molar-refractivity contribution in [2.75, 3.05) is 6.54 Å². The van der Waals surface area contributed by atoms with Gasteiger partial charge in [0.25, 0.3) is 5.56 Å². The first-order valence-electron chi connectivity index (χ1n) is 13.8. The summed E-state index contributed by atoms with van der Waals surface area (Å²) in [6.45, 7) is 9.59. The van der Waals surface area contributed by atoms with E-state index in [-0.39, 0.29) is 28.8 Å². The molecule has 6 heteroatoms. The summed E-state index contributed by atoms with van der Waals surface area (Å²) in [5.74, 6) is 0.313. The Kier molecular flexibility index (Phi) is 7.01. The number of rotatable bonds is 6. The third kappa shape index (κ3) is 4.81. The normalized spacial score (nSPS) is 24.5. The maximum absolute atomic E-state index is 14.2. The Hall–Kier alpha value is -3.28. The molecule has 38 heavy (non-hydrogen) atoms. The summed E-state index contributed by atoms with van der Waals surface area (Å²) in [6.07, 6.45) is 5.53. The van der Waals surface area contributed by atoms with Gasteiger partial charge in [0.1, 0.15) is 12.4 Å². The summed E-state index contributed by atoms with van der Waals surface area (Å²) in [5.41, 5.74) is 4.67. The molecular formula is C32H38FN3O2. The predicted molar refractivity (Wildman–Crippen MR) is 149 cm³/mol. The minimum absolute atomic E-state index is 0.0372. The fourth-order valence-corrected chi connectivity index (χ4v) is 7.08. The largest absolute Gasteiger partial charge is 0.354 e. The van der Waals surface area contributed by atoms with Gasteiger partial charge in [0.15, 0.2) is 0 Å². The van der Waals surface area contributed by atoms with E-state index in [2.05, 4.69) is 56.3 Å². The number of carbonyl (C=O) groups is 1. The molecule has 0 bridgehead atoms. The van der Waals surface area contributed by atoms with Crippen LogP contribution in [-0.4, -0.2) is 22.2 Å². The van der Waals surface area contributed by atoms with E-state index in [1.165, 1.54) is 34.9 Å². The number of halogens is 1. The highest BCUT2D eigenvalue weighted by Crippen LogP contribution is 2.57. The molecule has 0 radical (unpaired) electrons. The number of hydrogen-bond acceptors (Lipinski definition) is 3. The molecule has 0 unspecified atom stereocenters. The average molecular weight is 516 g/mol. The van der Waals surface area contributed by atoms with Crippen molar-refractivity contribution >= 4 is 5.91 Å². The van der Waals surface area contributed by atoms with Crippen molar-refractivity contribution < 1.29 is 9.18 Å². The van der Waals surface area contributed by atoms with Crippen molar-refractivity contribution in [3.05, 3.63) is 87.5 Å². The molecule has 1 fully saturated rings. The lowest BCUT2D eigenvalue weighted by atomic mass is 9.49. The molecule has 3 aromatic rings. The molecule has 2 aliphatic carbocycles. The van der Waals surface area contributed by atoms with E-state index in [0.717, 1.165) is 36.8 Å². The molecule has 2 aliphatic rings. The van der Waals surface area contributed by atoms with E-state index in [1.807, 2.05) is 0 Å². The van der Waals surface area contributed by atoms with E-state index in [4.69, 9.17) is 0 Å². The van der Waals surface area contributed by atoms with Gasteiger partial charge in [-0.2, -0.15) is 5.10 Å². The average Bonchev–Trinajstić information content (AvgIpc) is 2.89. The van der Waals surface area contributed by atoms with Gasteiger partial charge >= 0.3 is 0 Å². The van der Waals surface area contributed by atoms with Crippen LogP contribution in [0.25, 0.3) is 11.3 Å². The topological polar surface area (TPSA) is 64.0 Å². The van der Waals surface area contributed by atoms with Crippen LogP contribution in [0.4, 0.5) is 4.39 Å². The van der Waals surface area contributed by atoms with Gasteiger partial charge in [-0.15, -0.1) is 0 Å². The minimum Gasteiger partial charge on any atom is -0.354 e. The van der Waals surface area contributed by atoms with E-state index >= 15 is 0 Å². The smallest absolute Gasteiger partial charge is 0.267 e. The number of aryl methyl sites for hydroxylation is 1. The zero-order chi connectivity index (χ0) is 27.1. The summed E-state index contributed by atoms with van der Waals surface area (Å²) in [4.78, 5) is 25.5. The molecular weight excluding hydrogens is 477 g/mol. The molecule has 1 aromatic heterocycles. The number of amides is 1. The summed E-state index contributed by atoms with van der Waals surface area (Å²) in [7, 11) is 0. The molecule has 0 aliphatic heterocycles. The van der Waals surface area contributed by atoms with Crippen molar-refractivity contribution in [1.82, 2.24) is 15.1 Å². The second kappa shape index (κ2) is 10.1. The zero-order valence-corrected chi connectivity index (χ0v) is 22.9. The van der Waals surface area contributed by atoms with Gasteiger partial charge in [0, 0.05) is 18.2 Å². The Morgan fingerprint density at radius 3 is 2.68 bits per heavy atom. The Bertz CT molecular complexity index is 1410. The lowest BCUT2D eigenvalue weighted by Gasteiger charge is -2.55. The maximum atomic E-state index is 14.2. The third-order valence-electron chi connectivity index (χ3n) is 9.17. The van der Waals surface area contributed by atoms with Crippen LogP contribution >= 0.6 is 0 Å². The van der Waals surface area contributed by atoms with Gasteiger partial charge < -0.3 is 5.32 Å². The number of carbonyl (C=O) groups excluding carboxylic acids is 1. The van der Waals surface area contributed by atoms with Gasteiger partial charge in [0.2, 0.25) is 5.91 Å². The van der Waals surface area contributed by atoms with Gasteiger partial charge in [0.05, 0.1) is 5.69 Å².